The van der Waals surface area contributed by atoms with Crippen LogP contribution in [0.4, 0.5) is 0 Å². The molecule has 0 saturated heterocycles. The van der Waals surface area contributed by atoms with Crippen molar-refractivity contribution < 1.29 is 0 Å². The van der Waals surface area contributed by atoms with Crippen LogP contribution >= 0.6 is 0 Å². The molecule has 0 N–H and O–H groups in total. The van der Waals surface area contributed by atoms with E-state index < -0.39 is 0 Å². The van der Waals surface area contributed by atoms with Gasteiger partial charge in [0.15, 0.2) is 0 Å². The molecule has 0 radical (unpaired) electrons. The van der Waals surface area contributed by atoms with Crippen molar-refractivity contribution in [3.8, 4) is 0 Å². The highest BCUT2D eigenvalue weighted by molar-refractivity contribution is 5.53. The molecule has 312 valence electrons. The highest BCUT2D eigenvalue weighted by atomic mass is 15.2. The highest BCUT2D eigenvalue weighted by Crippen LogP contribution is 2.35. The Balaban J connectivity index is 1.39. The molecule has 0 aliphatic heterocycles. The molecule has 0 amide bonds. The van der Waals surface area contributed by atoms with Crippen molar-refractivity contribution in [3.05, 3.63) is 196 Å². The van der Waals surface area contributed by atoms with Gasteiger partial charge in [-0.3, -0.25) is 14.7 Å². The lowest BCUT2D eigenvalue weighted by molar-refractivity contribution is 0.231. The molecule has 0 aliphatic rings. The number of aromatic nitrogens is 6. The Morgan fingerprint density at radius 2 is 0.617 bits per heavy atom. The fourth-order valence-electron chi connectivity index (χ4n) is 8.94. The molecule has 0 spiro atoms. The molecule has 9 nitrogen and oxygen atoms in total. The first kappa shape index (κ1) is 42.5. The van der Waals surface area contributed by atoms with Gasteiger partial charge in [-0.2, -0.15) is 0 Å². The van der Waals surface area contributed by atoms with Crippen LogP contribution < -0.4 is 0 Å². The fraction of sp³-hybridized carbons (Fsp3) is 0.353. The normalized spacial score (nSPS) is 11.8. The lowest BCUT2D eigenvalue weighted by Gasteiger charge is -2.34. The summed E-state index contributed by atoms with van der Waals surface area (Å²) < 4.78 is 6.49. The van der Waals surface area contributed by atoms with Gasteiger partial charge < -0.3 is 13.7 Å². The molecular weight excluding hydrogens is 739 g/mol. The smallest absolute Gasteiger partial charge is 0.0945 e. The predicted molar refractivity (Wildman–Crippen MR) is 242 cm³/mol. The largest absolute Gasteiger partial charge is 0.337 e. The summed E-state index contributed by atoms with van der Waals surface area (Å²) >= 11 is 0. The van der Waals surface area contributed by atoms with Gasteiger partial charge in [0.2, 0.25) is 0 Å². The third-order valence-corrected chi connectivity index (χ3v) is 12.0. The minimum absolute atomic E-state index is 0.805. The number of hydrogen-bond acceptors (Lipinski definition) is 6. The molecule has 0 unspecified atom stereocenters. The second-order valence-corrected chi connectivity index (χ2v) is 16.3. The molecule has 0 fully saturated rings. The minimum atomic E-state index is 0.805. The second kappa shape index (κ2) is 20.6. The number of benzene rings is 4. The molecule has 0 saturated carbocycles. The first-order chi connectivity index (χ1) is 29.3. The Kier molecular flexibility index (Phi) is 14.6. The molecular formula is C51H63N9. The van der Waals surface area contributed by atoms with E-state index in [4.69, 9.17) is 0 Å². The Morgan fingerprint density at radius 3 is 0.833 bits per heavy atom. The van der Waals surface area contributed by atoms with Crippen molar-refractivity contribution in [2.45, 2.75) is 98.9 Å². The molecule has 3 aromatic heterocycles. The SMILES string of the molecule is CCc1c(CN(Cc2ccccc2)Cc2cncn2C)c(CC)c(CN(Cc2ccccc2)Cc2cncn2C)c(CC)c1CN(Cc1ccccc1)Cc1cncn1C. The van der Waals surface area contributed by atoms with Crippen LogP contribution in [-0.4, -0.2) is 43.4 Å². The van der Waals surface area contributed by atoms with Crippen LogP contribution in [0.15, 0.2) is 129 Å². The van der Waals surface area contributed by atoms with E-state index in [1.165, 1.54) is 67.2 Å². The quantitative estimate of drug-likeness (QED) is 0.0723. The van der Waals surface area contributed by atoms with Gasteiger partial charge in [0.05, 0.1) is 36.1 Å². The monoisotopic (exact) mass is 802 g/mol. The van der Waals surface area contributed by atoms with E-state index in [0.29, 0.717) is 0 Å². The zero-order chi connectivity index (χ0) is 41.8. The maximum atomic E-state index is 4.53. The van der Waals surface area contributed by atoms with Crippen LogP contribution in [0.1, 0.15) is 87.9 Å². The zero-order valence-electron chi connectivity index (χ0n) is 36.6. The molecule has 60 heavy (non-hydrogen) atoms. The number of rotatable bonds is 21. The number of hydrogen-bond donors (Lipinski definition) is 0. The van der Waals surface area contributed by atoms with E-state index in [1.54, 1.807) is 0 Å². The third kappa shape index (κ3) is 10.6. The van der Waals surface area contributed by atoms with Gasteiger partial charge >= 0.3 is 0 Å². The lowest BCUT2D eigenvalue weighted by atomic mass is 9.82. The molecule has 7 aromatic rings. The number of aryl methyl sites for hydroxylation is 3. The minimum Gasteiger partial charge on any atom is -0.337 e. The summed E-state index contributed by atoms with van der Waals surface area (Å²) in [6, 6.07) is 32.8. The summed E-state index contributed by atoms with van der Waals surface area (Å²) in [5.74, 6) is 0. The summed E-state index contributed by atoms with van der Waals surface area (Å²) in [6.45, 7) is 14.6. The topological polar surface area (TPSA) is 63.2 Å². The summed E-state index contributed by atoms with van der Waals surface area (Å²) in [5, 5.41) is 0. The third-order valence-electron chi connectivity index (χ3n) is 12.0. The molecule has 3 heterocycles. The van der Waals surface area contributed by atoms with Gasteiger partial charge in [0.25, 0.3) is 0 Å². The highest BCUT2D eigenvalue weighted by Gasteiger charge is 2.27. The van der Waals surface area contributed by atoms with Gasteiger partial charge in [0, 0.05) is 98.6 Å². The van der Waals surface area contributed by atoms with Gasteiger partial charge in [-0.05, 0) is 69.3 Å². The standard InChI is InChI=1S/C51H63N9/c1-7-46-49(34-58(28-40-19-13-10-14-20-40)31-43-25-52-37-55(43)4)47(8-2)51(36-60(30-42-23-17-12-18-24-42)33-45-27-54-39-57(45)6)48(9-3)50(46)35-59(29-41-21-15-11-16-22-41)32-44-26-53-38-56(44)5/h10-27,37-39H,7-9,28-36H2,1-6H3. The summed E-state index contributed by atoms with van der Waals surface area (Å²) in [6.07, 6.45) is 14.7. The second-order valence-electron chi connectivity index (χ2n) is 16.3. The van der Waals surface area contributed by atoms with Crippen molar-refractivity contribution in [3.63, 3.8) is 0 Å². The molecule has 9 heteroatoms. The molecule has 4 aromatic carbocycles. The Labute approximate surface area is 358 Å². The average molecular weight is 802 g/mol. The average Bonchev–Trinajstić information content (AvgIpc) is 3.99. The van der Waals surface area contributed by atoms with Crippen LogP contribution in [0.5, 0.6) is 0 Å². The Bertz CT molecular complexity index is 2090. The van der Waals surface area contributed by atoms with E-state index in [-0.39, 0.29) is 0 Å². The lowest BCUT2D eigenvalue weighted by Crippen LogP contribution is -2.30. The van der Waals surface area contributed by atoms with Crippen LogP contribution in [-0.2, 0) is 99.3 Å². The summed E-state index contributed by atoms with van der Waals surface area (Å²) in [4.78, 5) is 21.5. The van der Waals surface area contributed by atoms with Gasteiger partial charge in [-0.25, -0.2) is 15.0 Å². The van der Waals surface area contributed by atoms with Crippen LogP contribution in [0, 0.1) is 0 Å². The van der Waals surface area contributed by atoms with Crippen LogP contribution in [0.3, 0.4) is 0 Å². The first-order valence-corrected chi connectivity index (χ1v) is 21.6. The fourth-order valence-corrected chi connectivity index (χ4v) is 8.94. The molecule has 0 atom stereocenters. The van der Waals surface area contributed by atoms with Crippen molar-refractivity contribution >= 4 is 0 Å². The van der Waals surface area contributed by atoms with E-state index in [0.717, 1.165) is 78.2 Å². The van der Waals surface area contributed by atoms with E-state index in [2.05, 4.69) is 176 Å². The Morgan fingerprint density at radius 1 is 0.350 bits per heavy atom. The number of imidazole rings is 3. The van der Waals surface area contributed by atoms with Crippen LogP contribution in [0.25, 0.3) is 0 Å². The summed E-state index contributed by atoms with van der Waals surface area (Å²) in [7, 11) is 6.33. The molecule has 0 aliphatic carbocycles. The maximum absolute atomic E-state index is 4.53. The molecule has 7 rings (SSSR count). The summed E-state index contributed by atoms with van der Waals surface area (Å²) in [5.41, 5.74) is 16.5. The van der Waals surface area contributed by atoms with E-state index in [9.17, 15) is 0 Å². The van der Waals surface area contributed by atoms with Gasteiger partial charge in [0.1, 0.15) is 0 Å². The predicted octanol–water partition coefficient (Wildman–Crippen LogP) is 9.18. The van der Waals surface area contributed by atoms with E-state index >= 15 is 0 Å². The number of nitrogens with zero attached hydrogens (tertiary/aromatic N) is 9. The maximum Gasteiger partial charge on any atom is 0.0945 e. The van der Waals surface area contributed by atoms with Crippen molar-refractivity contribution in [2.75, 3.05) is 0 Å². The zero-order valence-corrected chi connectivity index (χ0v) is 36.6. The Hall–Kier alpha value is -5.61. The van der Waals surface area contributed by atoms with Crippen molar-refractivity contribution in [1.29, 1.82) is 0 Å². The van der Waals surface area contributed by atoms with Crippen LogP contribution in [0.2, 0.25) is 0 Å². The van der Waals surface area contributed by atoms with Crippen molar-refractivity contribution in [1.82, 2.24) is 43.4 Å². The van der Waals surface area contributed by atoms with Gasteiger partial charge in [-0.15, -0.1) is 0 Å². The van der Waals surface area contributed by atoms with Gasteiger partial charge in [-0.1, -0.05) is 112 Å². The van der Waals surface area contributed by atoms with E-state index in [1.807, 2.05) is 37.6 Å². The van der Waals surface area contributed by atoms with Crippen molar-refractivity contribution in [2.24, 2.45) is 21.1 Å². The molecule has 0 bridgehead atoms. The first-order valence-electron chi connectivity index (χ1n) is 21.6.